The molecule has 33 heavy (non-hydrogen) atoms. The van der Waals surface area contributed by atoms with Crippen LogP contribution in [-0.2, 0) is 16.6 Å². The number of carbonyl (C=O) groups excluding carboxylic acids is 1. The molecule has 0 aromatic heterocycles. The summed E-state index contributed by atoms with van der Waals surface area (Å²) in [7, 11) is -3.96. The third kappa shape index (κ3) is 5.55. The average Bonchev–Trinajstić information content (AvgIpc) is 2.81. The van der Waals surface area contributed by atoms with Crippen LogP contribution in [0.4, 0.5) is 5.69 Å². The molecule has 0 saturated carbocycles. The summed E-state index contributed by atoms with van der Waals surface area (Å²) in [5, 5.41) is 0.0697. The Morgan fingerprint density at radius 2 is 1.61 bits per heavy atom. The number of nitrogens with one attached hydrogen (secondary N) is 1. The Hall–Kier alpha value is -2.87. The SMILES string of the molecule is Cc1ccccc1NS(=O)(=O)c1cc(C(=O)N2CCN(Cc3ccccc3)CC2)ccc1Cl. The van der Waals surface area contributed by atoms with Gasteiger partial charge in [-0.2, -0.15) is 0 Å². The highest BCUT2D eigenvalue weighted by Gasteiger charge is 2.25. The number of nitrogens with zero attached hydrogens (tertiary/aromatic N) is 2. The largest absolute Gasteiger partial charge is 0.336 e. The van der Waals surface area contributed by atoms with Gasteiger partial charge in [0.2, 0.25) is 0 Å². The van der Waals surface area contributed by atoms with Crippen LogP contribution in [0, 0.1) is 6.92 Å². The lowest BCUT2D eigenvalue weighted by atomic mass is 10.1. The molecule has 1 fully saturated rings. The Balaban J connectivity index is 1.46. The van der Waals surface area contributed by atoms with Crippen molar-refractivity contribution in [3.63, 3.8) is 0 Å². The molecule has 1 aliphatic rings. The first kappa shape index (κ1) is 23.3. The molecule has 0 aliphatic carbocycles. The molecule has 1 amide bonds. The highest BCUT2D eigenvalue weighted by molar-refractivity contribution is 7.92. The van der Waals surface area contributed by atoms with Crippen LogP contribution < -0.4 is 4.72 Å². The van der Waals surface area contributed by atoms with E-state index in [-0.39, 0.29) is 15.8 Å². The fraction of sp³-hybridized carbons (Fsp3) is 0.240. The molecular formula is C25H26ClN3O3S. The minimum atomic E-state index is -3.96. The van der Waals surface area contributed by atoms with Crippen molar-refractivity contribution >= 4 is 33.2 Å². The second-order valence-electron chi connectivity index (χ2n) is 8.12. The van der Waals surface area contributed by atoms with Crippen LogP contribution in [0.25, 0.3) is 0 Å². The monoisotopic (exact) mass is 483 g/mol. The van der Waals surface area contributed by atoms with E-state index in [9.17, 15) is 13.2 Å². The molecule has 0 atom stereocenters. The van der Waals surface area contributed by atoms with Gasteiger partial charge in [0.25, 0.3) is 15.9 Å². The number of sulfonamides is 1. The lowest BCUT2D eigenvalue weighted by Crippen LogP contribution is -2.48. The highest BCUT2D eigenvalue weighted by Crippen LogP contribution is 2.27. The number of aryl methyl sites for hydroxylation is 1. The summed E-state index contributed by atoms with van der Waals surface area (Å²) in [6, 6.07) is 21.7. The lowest BCUT2D eigenvalue weighted by molar-refractivity contribution is 0.0628. The molecule has 4 rings (SSSR count). The maximum Gasteiger partial charge on any atom is 0.263 e. The Morgan fingerprint density at radius 1 is 0.939 bits per heavy atom. The predicted molar refractivity (Wildman–Crippen MR) is 131 cm³/mol. The maximum absolute atomic E-state index is 13.1. The Morgan fingerprint density at radius 3 is 2.30 bits per heavy atom. The van der Waals surface area contributed by atoms with Gasteiger partial charge >= 0.3 is 0 Å². The molecular weight excluding hydrogens is 458 g/mol. The fourth-order valence-electron chi connectivity index (χ4n) is 3.86. The van der Waals surface area contributed by atoms with E-state index in [1.165, 1.54) is 17.7 Å². The van der Waals surface area contributed by atoms with E-state index in [0.717, 1.165) is 25.2 Å². The number of benzene rings is 3. The summed E-state index contributed by atoms with van der Waals surface area (Å²) >= 11 is 6.22. The molecule has 1 heterocycles. The van der Waals surface area contributed by atoms with Crippen molar-refractivity contribution in [2.75, 3.05) is 30.9 Å². The van der Waals surface area contributed by atoms with Crippen molar-refractivity contribution in [1.29, 1.82) is 0 Å². The van der Waals surface area contributed by atoms with E-state index in [1.807, 2.05) is 37.3 Å². The predicted octanol–water partition coefficient (Wildman–Crippen LogP) is 4.41. The second-order valence-corrected chi connectivity index (χ2v) is 10.2. The summed E-state index contributed by atoms with van der Waals surface area (Å²) in [6.07, 6.45) is 0. The van der Waals surface area contributed by atoms with Crippen molar-refractivity contribution in [2.24, 2.45) is 0 Å². The Kier molecular flexibility index (Phi) is 7.02. The summed E-state index contributed by atoms with van der Waals surface area (Å²) in [5.41, 5.74) is 2.81. The molecule has 0 unspecified atom stereocenters. The van der Waals surface area contributed by atoms with Crippen molar-refractivity contribution in [1.82, 2.24) is 9.80 Å². The third-order valence-electron chi connectivity index (χ3n) is 5.77. The molecule has 0 spiro atoms. The van der Waals surface area contributed by atoms with Crippen molar-refractivity contribution in [3.05, 3.63) is 94.5 Å². The number of piperazine rings is 1. The van der Waals surface area contributed by atoms with Crippen LogP contribution >= 0.6 is 11.6 Å². The van der Waals surface area contributed by atoms with Gasteiger partial charge in [0.05, 0.1) is 10.7 Å². The van der Waals surface area contributed by atoms with Crippen LogP contribution in [0.2, 0.25) is 5.02 Å². The average molecular weight is 484 g/mol. The Labute approximate surface area is 199 Å². The maximum atomic E-state index is 13.1. The molecule has 1 aliphatic heterocycles. The van der Waals surface area contributed by atoms with Gasteiger partial charge in [-0.25, -0.2) is 8.42 Å². The quantitative estimate of drug-likeness (QED) is 0.564. The Bertz CT molecular complexity index is 1240. The van der Waals surface area contributed by atoms with Crippen LogP contribution in [0.1, 0.15) is 21.5 Å². The number of hydrogen-bond donors (Lipinski definition) is 1. The fourth-order valence-corrected chi connectivity index (χ4v) is 5.52. The van der Waals surface area contributed by atoms with Gasteiger partial charge in [0.15, 0.2) is 0 Å². The topological polar surface area (TPSA) is 69.7 Å². The van der Waals surface area contributed by atoms with Gasteiger partial charge in [0.1, 0.15) is 4.90 Å². The molecule has 1 N–H and O–H groups in total. The molecule has 172 valence electrons. The smallest absolute Gasteiger partial charge is 0.263 e. The standard InChI is InChI=1S/C25H26ClN3O3S/c1-19-7-5-6-10-23(19)27-33(31,32)24-17-21(11-12-22(24)26)25(30)29-15-13-28(14-16-29)18-20-8-3-2-4-9-20/h2-12,17,27H,13-16,18H2,1H3. The van der Waals surface area contributed by atoms with Gasteiger partial charge in [-0.1, -0.05) is 60.1 Å². The van der Waals surface area contributed by atoms with Crippen molar-refractivity contribution in [2.45, 2.75) is 18.4 Å². The number of halogens is 1. The van der Waals surface area contributed by atoms with E-state index in [4.69, 9.17) is 11.6 Å². The summed E-state index contributed by atoms with van der Waals surface area (Å²) in [6.45, 7) is 5.34. The van der Waals surface area contributed by atoms with Gasteiger partial charge in [0, 0.05) is 38.3 Å². The summed E-state index contributed by atoms with van der Waals surface area (Å²) < 4.78 is 28.6. The molecule has 3 aromatic carbocycles. The highest BCUT2D eigenvalue weighted by atomic mass is 35.5. The number of amides is 1. The molecule has 1 saturated heterocycles. The number of carbonyl (C=O) groups is 1. The van der Waals surface area contributed by atoms with Gasteiger partial charge in [-0.15, -0.1) is 0 Å². The zero-order valence-electron chi connectivity index (χ0n) is 18.4. The van der Waals surface area contributed by atoms with Crippen LogP contribution in [0.5, 0.6) is 0 Å². The minimum Gasteiger partial charge on any atom is -0.336 e. The number of hydrogen-bond acceptors (Lipinski definition) is 4. The van der Waals surface area contributed by atoms with Crippen LogP contribution in [0.15, 0.2) is 77.7 Å². The van der Waals surface area contributed by atoms with Gasteiger partial charge < -0.3 is 4.90 Å². The number of para-hydroxylation sites is 1. The summed E-state index contributed by atoms with van der Waals surface area (Å²) in [5.74, 6) is -0.196. The minimum absolute atomic E-state index is 0.0697. The first-order valence-corrected chi connectivity index (χ1v) is 12.6. The zero-order valence-corrected chi connectivity index (χ0v) is 19.9. The second kappa shape index (κ2) is 9.95. The normalized spacial score (nSPS) is 14.8. The first-order chi connectivity index (χ1) is 15.8. The third-order valence-corrected chi connectivity index (χ3v) is 7.61. The first-order valence-electron chi connectivity index (χ1n) is 10.8. The van der Waals surface area contributed by atoms with Crippen LogP contribution in [-0.4, -0.2) is 50.3 Å². The van der Waals surface area contributed by atoms with E-state index < -0.39 is 10.0 Å². The molecule has 6 nitrogen and oxygen atoms in total. The van der Waals surface area contributed by atoms with Crippen molar-refractivity contribution in [3.8, 4) is 0 Å². The van der Waals surface area contributed by atoms with Crippen molar-refractivity contribution < 1.29 is 13.2 Å². The van der Waals surface area contributed by atoms with Crippen LogP contribution in [0.3, 0.4) is 0 Å². The molecule has 8 heteroatoms. The lowest BCUT2D eigenvalue weighted by Gasteiger charge is -2.34. The van der Waals surface area contributed by atoms with E-state index in [2.05, 4.69) is 21.8 Å². The molecule has 0 bridgehead atoms. The molecule has 0 radical (unpaired) electrons. The van der Waals surface area contributed by atoms with E-state index >= 15 is 0 Å². The number of rotatable bonds is 6. The van der Waals surface area contributed by atoms with E-state index in [1.54, 1.807) is 23.1 Å². The number of anilines is 1. The summed E-state index contributed by atoms with van der Waals surface area (Å²) in [4.78, 5) is 17.1. The van der Waals surface area contributed by atoms with E-state index in [0.29, 0.717) is 24.3 Å². The zero-order chi connectivity index (χ0) is 23.4. The molecule has 3 aromatic rings. The van der Waals surface area contributed by atoms with Gasteiger partial charge in [-0.3, -0.25) is 14.4 Å². The van der Waals surface area contributed by atoms with Gasteiger partial charge in [-0.05, 0) is 42.3 Å².